The van der Waals surface area contributed by atoms with Crippen molar-refractivity contribution >= 4 is 14.3 Å². The van der Waals surface area contributed by atoms with Gasteiger partial charge >= 0.3 is 0 Å². The molecule has 0 amide bonds. The predicted molar refractivity (Wildman–Crippen MR) is 53.6 cm³/mol. The van der Waals surface area contributed by atoms with Crippen molar-refractivity contribution in [2.45, 2.75) is 52.2 Å². The van der Waals surface area contributed by atoms with Gasteiger partial charge in [-0.1, -0.05) is 26.7 Å². The van der Waals surface area contributed by atoms with Crippen molar-refractivity contribution in [3.8, 4) is 0 Å². The Morgan fingerprint density at radius 2 is 1.92 bits per heavy atom. The van der Waals surface area contributed by atoms with Crippen LogP contribution in [-0.2, 0) is 9.22 Å². The summed E-state index contributed by atoms with van der Waals surface area (Å²) in [5.41, 5.74) is 0. The summed E-state index contributed by atoms with van der Waals surface area (Å²) in [6, 6.07) is 1.09. The molecule has 0 unspecified atom stereocenters. The molecule has 0 atom stereocenters. The van der Waals surface area contributed by atoms with E-state index in [-0.39, 0.29) is 5.97 Å². The van der Waals surface area contributed by atoms with E-state index in [1.54, 1.807) is 0 Å². The molecule has 0 heterocycles. The molecule has 0 N–H and O–H groups in total. The first-order valence-electron chi connectivity index (χ1n) is 4.73. The molecule has 12 heavy (non-hydrogen) atoms. The van der Waals surface area contributed by atoms with Crippen LogP contribution in [0.3, 0.4) is 0 Å². The van der Waals surface area contributed by atoms with E-state index in [9.17, 15) is 4.79 Å². The van der Waals surface area contributed by atoms with Gasteiger partial charge in [-0.05, 0) is 19.1 Å². The number of unbranched alkanes of at least 4 members (excludes halogenated alkanes) is 1. The first-order valence-corrected chi connectivity index (χ1v) is 7.85. The highest BCUT2D eigenvalue weighted by Gasteiger charge is 2.25. The van der Waals surface area contributed by atoms with Gasteiger partial charge in [-0.15, -0.1) is 0 Å². The van der Waals surface area contributed by atoms with Crippen LogP contribution in [0.1, 0.15) is 33.1 Å². The Hall–Kier alpha value is -0.313. The molecule has 0 aromatic carbocycles. The molecule has 0 aromatic rings. The van der Waals surface area contributed by atoms with E-state index in [1.165, 1.54) is 12.8 Å². The third-order valence-corrected chi connectivity index (χ3v) is 4.15. The maximum Gasteiger partial charge on any atom is 0.292 e. The highest BCUT2D eigenvalue weighted by molar-refractivity contribution is 6.72. The number of hydrogen-bond acceptors (Lipinski definition) is 2. The molecule has 72 valence electrons. The maximum atomic E-state index is 11.0. The molecule has 0 saturated heterocycles. The summed E-state index contributed by atoms with van der Waals surface area (Å²) < 4.78 is 5.39. The summed E-state index contributed by atoms with van der Waals surface area (Å²) in [4.78, 5) is 11.0. The van der Waals surface area contributed by atoms with Crippen molar-refractivity contribution in [2.75, 3.05) is 0 Å². The minimum atomic E-state index is -1.66. The zero-order valence-corrected chi connectivity index (χ0v) is 9.64. The van der Waals surface area contributed by atoms with Gasteiger partial charge in [0.15, 0.2) is 0 Å². The van der Waals surface area contributed by atoms with Gasteiger partial charge in [0.1, 0.15) is 0 Å². The number of rotatable bonds is 5. The van der Waals surface area contributed by atoms with E-state index in [0.29, 0.717) is 6.42 Å². The molecule has 0 spiro atoms. The second-order valence-electron chi connectivity index (χ2n) is 3.69. The minimum absolute atomic E-state index is 0.0391. The standard InChI is InChI=1S/C9H20O2Si/c1-5-7-8-12(3,4)11-9(10)6-2/h5-8H2,1-4H3. The molecule has 0 aliphatic rings. The zero-order chi connectivity index (χ0) is 9.61. The lowest BCUT2D eigenvalue weighted by Gasteiger charge is -2.21. The van der Waals surface area contributed by atoms with Gasteiger partial charge in [-0.2, -0.15) is 0 Å². The summed E-state index contributed by atoms with van der Waals surface area (Å²) in [5.74, 6) is -0.0391. The smallest absolute Gasteiger partial charge is 0.292 e. The van der Waals surface area contributed by atoms with E-state index >= 15 is 0 Å². The SMILES string of the molecule is CCCC[Si](C)(C)OC(=O)CC. The lowest BCUT2D eigenvalue weighted by atomic mass is 10.4. The van der Waals surface area contributed by atoms with Crippen LogP contribution in [0.4, 0.5) is 0 Å². The largest absolute Gasteiger partial charge is 0.520 e. The Morgan fingerprint density at radius 3 is 2.33 bits per heavy atom. The molecule has 0 radical (unpaired) electrons. The van der Waals surface area contributed by atoms with Gasteiger partial charge in [0.05, 0.1) is 0 Å². The fraction of sp³-hybridized carbons (Fsp3) is 0.889. The van der Waals surface area contributed by atoms with Gasteiger partial charge in [0.25, 0.3) is 5.97 Å². The fourth-order valence-electron chi connectivity index (χ4n) is 1.03. The number of hydrogen-bond donors (Lipinski definition) is 0. The highest BCUT2D eigenvalue weighted by Crippen LogP contribution is 2.15. The van der Waals surface area contributed by atoms with Gasteiger partial charge in [-0.25, -0.2) is 0 Å². The Labute approximate surface area is 76.4 Å². The van der Waals surface area contributed by atoms with Crippen LogP contribution in [-0.4, -0.2) is 14.3 Å². The topological polar surface area (TPSA) is 26.3 Å². The van der Waals surface area contributed by atoms with Crippen LogP contribution >= 0.6 is 0 Å². The molecular weight excluding hydrogens is 168 g/mol. The maximum absolute atomic E-state index is 11.0. The van der Waals surface area contributed by atoms with E-state index in [2.05, 4.69) is 20.0 Å². The predicted octanol–water partition coefficient (Wildman–Crippen LogP) is 2.94. The summed E-state index contributed by atoms with van der Waals surface area (Å²) in [5, 5.41) is 0. The van der Waals surface area contributed by atoms with Crippen molar-refractivity contribution in [1.82, 2.24) is 0 Å². The van der Waals surface area contributed by atoms with Crippen LogP contribution in [0.15, 0.2) is 0 Å². The Balaban J connectivity index is 3.77. The van der Waals surface area contributed by atoms with Crippen molar-refractivity contribution < 1.29 is 9.22 Å². The quantitative estimate of drug-likeness (QED) is 0.620. The molecule has 3 heteroatoms. The normalized spacial score (nSPS) is 11.3. The minimum Gasteiger partial charge on any atom is -0.520 e. The average molecular weight is 188 g/mol. The second-order valence-corrected chi connectivity index (χ2v) is 7.91. The van der Waals surface area contributed by atoms with Gasteiger partial charge in [0.2, 0.25) is 8.32 Å². The average Bonchev–Trinajstić information content (AvgIpc) is 2.00. The van der Waals surface area contributed by atoms with Crippen molar-refractivity contribution in [3.63, 3.8) is 0 Å². The monoisotopic (exact) mass is 188 g/mol. The molecule has 0 bridgehead atoms. The molecule has 0 aliphatic heterocycles. The van der Waals surface area contributed by atoms with E-state index in [0.717, 1.165) is 6.04 Å². The van der Waals surface area contributed by atoms with Crippen molar-refractivity contribution in [3.05, 3.63) is 0 Å². The van der Waals surface area contributed by atoms with Crippen LogP contribution in [0.25, 0.3) is 0 Å². The van der Waals surface area contributed by atoms with Crippen LogP contribution in [0.5, 0.6) is 0 Å². The number of carbonyl (C=O) groups is 1. The molecule has 0 fully saturated rings. The van der Waals surface area contributed by atoms with E-state index < -0.39 is 8.32 Å². The summed E-state index contributed by atoms with van der Waals surface area (Å²) in [6.07, 6.45) is 2.86. The first kappa shape index (κ1) is 11.7. The molecule has 0 aromatic heterocycles. The Morgan fingerprint density at radius 1 is 1.33 bits per heavy atom. The Bertz CT molecular complexity index is 143. The fourth-order valence-corrected chi connectivity index (χ4v) is 3.10. The first-order chi connectivity index (χ1) is 5.52. The van der Waals surface area contributed by atoms with Crippen molar-refractivity contribution in [2.24, 2.45) is 0 Å². The molecule has 2 nitrogen and oxygen atoms in total. The molecule has 0 aliphatic carbocycles. The molecular formula is C9H20O2Si. The van der Waals surface area contributed by atoms with Crippen LogP contribution < -0.4 is 0 Å². The lowest BCUT2D eigenvalue weighted by Crippen LogP contribution is -2.32. The summed E-state index contributed by atoms with van der Waals surface area (Å²) in [6.45, 7) is 8.21. The van der Waals surface area contributed by atoms with Crippen molar-refractivity contribution in [1.29, 1.82) is 0 Å². The summed E-state index contributed by atoms with van der Waals surface area (Å²) >= 11 is 0. The third-order valence-electron chi connectivity index (χ3n) is 1.81. The zero-order valence-electron chi connectivity index (χ0n) is 8.64. The van der Waals surface area contributed by atoms with Crippen LogP contribution in [0.2, 0.25) is 19.1 Å². The number of carbonyl (C=O) groups excluding carboxylic acids is 1. The van der Waals surface area contributed by atoms with Gasteiger partial charge < -0.3 is 4.43 Å². The third kappa shape index (κ3) is 5.35. The molecule has 0 rings (SSSR count). The summed E-state index contributed by atoms with van der Waals surface area (Å²) in [7, 11) is -1.66. The van der Waals surface area contributed by atoms with E-state index in [4.69, 9.17) is 4.43 Å². The highest BCUT2D eigenvalue weighted by atomic mass is 28.4. The molecule has 0 saturated carbocycles. The van der Waals surface area contributed by atoms with Crippen LogP contribution in [0, 0.1) is 0 Å². The lowest BCUT2D eigenvalue weighted by molar-refractivity contribution is -0.134. The van der Waals surface area contributed by atoms with Gasteiger partial charge in [0, 0.05) is 6.42 Å². The second kappa shape index (κ2) is 5.35. The van der Waals surface area contributed by atoms with Gasteiger partial charge in [-0.3, -0.25) is 4.79 Å². The van der Waals surface area contributed by atoms with E-state index in [1.807, 2.05) is 6.92 Å². The Kier molecular flexibility index (Phi) is 5.21.